The highest BCUT2D eigenvalue weighted by atomic mass is 79.9. The third kappa shape index (κ3) is 4.31. The monoisotopic (exact) mass is 430 g/mol. The lowest BCUT2D eigenvalue weighted by Gasteiger charge is -2.21. The summed E-state index contributed by atoms with van der Waals surface area (Å²) in [5.74, 6) is 0.0516. The van der Waals surface area contributed by atoms with Crippen LogP contribution < -0.4 is 5.73 Å². The molecule has 0 saturated heterocycles. The van der Waals surface area contributed by atoms with E-state index in [-0.39, 0.29) is 5.91 Å². The van der Waals surface area contributed by atoms with E-state index in [2.05, 4.69) is 38.8 Å². The topological polar surface area (TPSA) is 46.3 Å². The van der Waals surface area contributed by atoms with Gasteiger partial charge in [0.05, 0.1) is 8.66 Å². The van der Waals surface area contributed by atoms with E-state index in [9.17, 15) is 4.79 Å². The molecule has 0 radical (unpaired) electrons. The molecule has 1 aromatic heterocycles. The van der Waals surface area contributed by atoms with Crippen LogP contribution in [0.2, 0.25) is 0 Å². The number of carbonyl (C=O) groups excluding carboxylic acids is 1. The number of hydrogen-bond acceptors (Lipinski definition) is 3. The number of rotatable bonds is 5. The first kappa shape index (κ1) is 16.5. The maximum atomic E-state index is 12.7. The Balaban J connectivity index is 2.20. The van der Waals surface area contributed by atoms with Crippen molar-refractivity contribution in [2.45, 2.75) is 19.9 Å². The predicted molar refractivity (Wildman–Crippen MR) is 95.6 cm³/mol. The van der Waals surface area contributed by atoms with Gasteiger partial charge in [0.15, 0.2) is 0 Å². The van der Waals surface area contributed by atoms with Crippen LogP contribution in [0.15, 0.2) is 38.6 Å². The van der Waals surface area contributed by atoms with Crippen LogP contribution >= 0.6 is 43.2 Å². The van der Waals surface area contributed by atoms with E-state index < -0.39 is 0 Å². The minimum absolute atomic E-state index is 0.0516. The molecule has 0 aliphatic carbocycles. The van der Waals surface area contributed by atoms with Crippen molar-refractivity contribution in [3.63, 3.8) is 0 Å². The summed E-state index contributed by atoms with van der Waals surface area (Å²) in [4.78, 5) is 15.2. The number of amides is 1. The molecular formula is C15H16Br2N2OS. The molecule has 0 fully saturated rings. The molecule has 6 heteroatoms. The van der Waals surface area contributed by atoms with Crippen molar-refractivity contribution in [3.8, 4) is 0 Å². The van der Waals surface area contributed by atoms with Gasteiger partial charge in [-0.2, -0.15) is 0 Å². The maximum Gasteiger partial charge on any atom is 0.264 e. The highest BCUT2D eigenvalue weighted by Crippen LogP contribution is 2.33. The Bertz CT molecular complexity index is 623. The second-order valence-electron chi connectivity index (χ2n) is 4.70. The Labute approximate surface area is 145 Å². The average Bonchev–Trinajstić information content (AvgIpc) is 2.77. The lowest BCUT2D eigenvalue weighted by Crippen LogP contribution is -2.30. The molecule has 1 heterocycles. The van der Waals surface area contributed by atoms with Crippen LogP contribution in [0.4, 0.5) is 5.69 Å². The van der Waals surface area contributed by atoms with E-state index in [1.54, 1.807) is 0 Å². The number of nitrogens with zero attached hydrogens (tertiary/aromatic N) is 1. The predicted octanol–water partition coefficient (Wildman–Crippen LogP) is 4.91. The standard InChI is InChI=1S/C15H16Br2N2OS/c1-2-6-19(9-10-4-3-5-11(18)7-10)15(20)13-8-12(16)14(17)21-13/h3-5,7-8H,2,6,9,18H2,1H3. The fourth-order valence-corrected chi connectivity index (χ4v) is 4.05. The van der Waals surface area contributed by atoms with E-state index in [0.29, 0.717) is 6.54 Å². The normalized spacial score (nSPS) is 10.6. The molecule has 2 N–H and O–H groups in total. The Morgan fingerprint density at radius 1 is 1.33 bits per heavy atom. The summed E-state index contributed by atoms with van der Waals surface area (Å²) in [5.41, 5.74) is 7.57. The van der Waals surface area contributed by atoms with Crippen LogP contribution in [-0.4, -0.2) is 17.4 Å². The molecule has 112 valence electrons. The van der Waals surface area contributed by atoms with Gasteiger partial charge in [0, 0.05) is 23.2 Å². The fraction of sp³-hybridized carbons (Fsp3) is 0.267. The van der Waals surface area contributed by atoms with E-state index in [0.717, 1.165) is 37.4 Å². The molecule has 1 aromatic carbocycles. The average molecular weight is 432 g/mol. The number of carbonyl (C=O) groups is 1. The van der Waals surface area contributed by atoms with Gasteiger partial charge in [0.1, 0.15) is 0 Å². The fourth-order valence-electron chi connectivity index (χ4n) is 2.04. The van der Waals surface area contributed by atoms with Gasteiger partial charge in [-0.3, -0.25) is 4.79 Å². The van der Waals surface area contributed by atoms with Gasteiger partial charge in [-0.05, 0) is 62.0 Å². The molecular weight excluding hydrogens is 416 g/mol. The zero-order valence-electron chi connectivity index (χ0n) is 11.6. The maximum absolute atomic E-state index is 12.7. The van der Waals surface area contributed by atoms with E-state index >= 15 is 0 Å². The molecule has 3 nitrogen and oxygen atoms in total. The SMILES string of the molecule is CCCN(Cc1cccc(N)c1)C(=O)c1cc(Br)c(Br)s1. The molecule has 0 aliphatic heterocycles. The number of anilines is 1. The second-order valence-corrected chi connectivity index (χ2v) is 7.93. The minimum atomic E-state index is 0.0516. The highest BCUT2D eigenvalue weighted by Gasteiger charge is 2.19. The molecule has 0 spiro atoms. The first-order valence-corrected chi connectivity index (χ1v) is 9.00. The quantitative estimate of drug-likeness (QED) is 0.683. The van der Waals surface area contributed by atoms with Gasteiger partial charge in [-0.25, -0.2) is 0 Å². The van der Waals surface area contributed by atoms with Gasteiger partial charge in [-0.1, -0.05) is 19.1 Å². The first-order chi connectivity index (χ1) is 10.0. The molecule has 0 aliphatic rings. The molecule has 1 amide bonds. The molecule has 0 unspecified atom stereocenters. The van der Waals surface area contributed by atoms with Gasteiger partial charge < -0.3 is 10.6 Å². The highest BCUT2D eigenvalue weighted by molar-refractivity contribution is 9.13. The molecule has 0 saturated carbocycles. The van der Waals surface area contributed by atoms with Crippen molar-refractivity contribution in [3.05, 3.63) is 49.0 Å². The van der Waals surface area contributed by atoms with Gasteiger partial charge in [0.2, 0.25) is 0 Å². The van der Waals surface area contributed by atoms with Crippen molar-refractivity contribution >= 4 is 54.8 Å². The van der Waals surface area contributed by atoms with Gasteiger partial charge >= 0.3 is 0 Å². The molecule has 21 heavy (non-hydrogen) atoms. The first-order valence-electron chi connectivity index (χ1n) is 6.59. The van der Waals surface area contributed by atoms with Crippen molar-refractivity contribution in [1.82, 2.24) is 4.90 Å². The van der Waals surface area contributed by atoms with E-state index in [1.807, 2.05) is 35.2 Å². The van der Waals surface area contributed by atoms with Crippen molar-refractivity contribution in [2.75, 3.05) is 12.3 Å². The third-order valence-corrected chi connectivity index (χ3v) is 6.21. The van der Waals surface area contributed by atoms with E-state index in [1.165, 1.54) is 11.3 Å². The van der Waals surface area contributed by atoms with Crippen molar-refractivity contribution in [1.29, 1.82) is 0 Å². The third-order valence-electron chi connectivity index (χ3n) is 2.96. The molecule has 0 atom stereocenters. The Kier molecular flexibility index (Phi) is 5.84. The Morgan fingerprint density at radius 2 is 2.10 bits per heavy atom. The van der Waals surface area contributed by atoms with Crippen LogP contribution in [0.3, 0.4) is 0 Å². The van der Waals surface area contributed by atoms with Crippen LogP contribution in [0.5, 0.6) is 0 Å². The summed E-state index contributed by atoms with van der Waals surface area (Å²) in [5, 5.41) is 0. The van der Waals surface area contributed by atoms with Crippen LogP contribution in [-0.2, 0) is 6.54 Å². The largest absolute Gasteiger partial charge is 0.399 e. The number of nitrogen functional groups attached to an aromatic ring is 1. The lowest BCUT2D eigenvalue weighted by molar-refractivity contribution is 0.0748. The number of nitrogens with two attached hydrogens (primary N) is 1. The van der Waals surface area contributed by atoms with Crippen LogP contribution in [0, 0.1) is 0 Å². The van der Waals surface area contributed by atoms with Crippen LogP contribution in [0.25, 0.3) is 0 Å². The summed E-state index contributed by atoms with van der Waals surface area (Å²) in [7, 11) is 0. The Hall–Kier alpha value is -0.850. The number of hydrogen-bond donors (Lipinski definition) is 1. The number of halogens is 2. The summed E-state index contributed by atoms with van der Waals surface area (Å²) >= 11 is 8.30. The zero-order chi connectivity index (χ0) is 15.4. The number of benzene rings is 1. The molecule has 2 aromatic rings. The van der Waals surface area contributed by atoms with Gasteiger partial charge in [0.25, 0.3) is 5.91 Å². The molecule has 0 bridgehead atoms. The van der Waals surface area contributed by atoms with E-state index in [4.69, 9.17) is 5.73 Å². The van der Waals surface area contributed by atoms with Gasteiger partial charge in [-0.15, -0.1) is 11.3 Å². The summed E-state index contributed by atoms with van der Waals surface area (Å²) in [6, 6.07) is 9.53. The summed E-state index contributed by atoms with van der Waals surface area (Å²) in [6.07, 6.45) is 0.918. The lowest BCUT2D eigenvalue weighted by atomic mass is 10.2. The van der Waals surface area contributed by atoms with Crippen LogP contribution in [0.1, 0.15) is 28.6 Å². The zero-order valence-corrected chi connectivity index (χ0v) is 15.6. The Morgan fingerprint density at radius 3 is 2.67 bits per heavy atom. The number of thiophene rings is 1. The summed E-state index contributed by atoms with van der Waals surface area (Å²) in [6.45, 7) is 3.37. The summed E-state index contributed by atoms with van der Waals surface area (Å²) < 4.78 is 1.85. The second kappa shape index (κ2) is 7.42. The van der Waals surface area contributed by atoms with Crippen molar-refractivity contribution in [2.24, 2.45) is 0 Å². The van der Waals surface area contributed by atoms with Crippen molar-refractivity contribution < 1.29 is 4.79 Å². The minimum Gasteiger partial charge on any atom is -0.399 e. The molecule has 2 rings (SSSR count). The smallest absolute Gasteiger partial charge is 0.264 e.